The topological polar surface area (TPSA) is 38.1 Å². The molecule has 1 heterocycles. The third-order valence-electron chi connectivity index (χ3n) is 1.68. The molecule has 0 saturated heterocycles. The minimum atomic E-state index is 0.811. The van der Waals surface area contributed by atoms with Crippen molar-refractivity contribution in [3.8, 4) is 0 Å². The van der Waals surface area contributed by atoms with E-state index in [1.54, 1.807) is 0 Å². The van der Waals surface area contributed by atoms with E-state index < -0.39 is 0 Å². The van der Waals surface area contributed by atoms with E-state index in [9.17, 15) is 0 Å². The number of rotatable bonds is 6. The van der Waals surface area contributed by atoms with Gasteiger partial charge in [0.15, 0.2) is 0 Å². The zero-order valence-corrected chi connectivity index (χ0v) is 8.99. The van der Waals surface area contributed by atoms with Gasteiger partial charge in [0.05, 0.1) is 5.69 Å². The van der Waals surface area contributed by atoms with Crippen LogP contribution in [0.4, 0.5) is 0 Å². The summed E-state index contributed by atoms with van der Waals surface area (Å²) in [7, 11) is 0. The number of thioether (sulfide) groups is 1. The lowest BCUT2D eigenvalue weighted by Gasteiger charge is -1.99. The Hall–Kier alpha value is -0.480. The largest absolute Gasteiger partial charge is 0.361 e. The smallest absolute Gasteiger partial charge is 0.133 e. The summed E-state index contributed by atoms with van der Waals surface area (Å²) in [4.78, 5) is 0. The SMILES string of the molecule is CSCCCNCc1cc(C)on1. The van der Waals surface area contributed by atoms with Gasteiger partial charge in [0.2, 0.25) is 0 Å². The first kappa shape index (κ1) is 10.6. The van der Waals surface area contributed by atoms with E-state index in [0.29, 0.717) is 0 Å². The molecule has 1 aromatic heterocycles. The fourth-order valence-electron chi connectivity index (χ4n) is 1.06. The lowest BCUT2D eigenvalue weighted by atomic mass is 10.3. The Morgan fingerprint density at radius 2 is 2.46 bits per heavy atom. The van der Waals surface area contributed by atoms with E-state index in [0.717, 1.165) is 24.5 Å². The predicted molar refractivity (Wildman–Crippen MR) is 55.9 cm³/mol. The monoisotopic (exact) mass is 200 g/mol. The third kappa shape index (κ3) is 4.33. The summed E-state index contributed by atoms with van der Waals surface area (Å²) in [5, 5.41) is 7.20. The van der Waals surface area contributed by atoms with Crippen LogP contribution in [-0.2, 0) is 6.54 Å². The van der Waals surface area contributed by atoms with Crippen molar-refractivity contribution in [1.29, 1.82) is 0 Å². The second-order valence-electron chi connectivity index (χ2n) is 2.95. The number of aryl methyl sites for hydroxylation is 1. The third-order valence-corrected chi connectivity index (χ3v) is 2.38. The van der Waals surface area contributed by atoms with E-state index in [2.05, 4.69) is 16.7 Å². The molecule has 1 aromatic rings. The van der Waals surface area contributed by atoms with Gasteiger partial charge in [-0.15, -0.1) is 0 Å². The highest BCUT2D eigenvalue weighted by Gasteiger charge is 1.98. The summed E-state index contributed by atoms with van der Waals surface area (Å²) >= 11 is 1.88. The highest BCUT2D eigenvalue weighted by Crippen LogP contribution is 2.00. The van der Waals surface area contributed by atoms with Crippen molar-refractivity contribution in [3.63, 3.8) is 0 Å². The Morgan fingerprint density at radius 1 is 1.62 bits per heavy atom. The van der Waals surface area contributed by atoms with Gasteiger partial charge in [-0.2, -0.15) is 11.8 Å². The van der Waals surface area contributed by atoms with E-state index in [1.807, 2.05) is 24.8 Å². The Balaban J connectivity index is 2.06. The first-order valence-corrected chi connectivity index (χ1v) is 5.84. The lowest BCUT2D eigenvalue weighted by Crippen LogP contribution is -2.15. The van der Waals surface area contributed by atoms with Crippen molar-refractivity contribution in [3.05, 3.63) is 17.5 Å². The highest BCUT2D eigenvalue weighted by molar-refractivity contribution is 7.98. The van der Waals surface area contributed by atoms with E-state index in [-0.39, 0.29) is 0 Å². The molecule has 0 aliphatic heterocycles. The molecule has 0 amide bonds. The molecule has 0 aliphatic rings. The fourth-order valence-corrected chi connectivity index (χ4v) is 1.49. The van der Waals surface area contributed by atoms with Gasteiger partial charge < -0.3 is 9.84 Å². The standard InChI is InChI=1S/C9H16N2OS/c1-8-6-9(11-12-8)7-10-4-3-5-13-2/h6,10H,3-5,7H2,1-2H3. The van der Waals surface area contributed by atoms with Crippen LogP contribution in [0.1, 0.15) is 17.9 Å². The van der Waals surface area contributed by atoms with Crippen LogP contribution in [0, 0.1) is 6.92 Å². The predicted octanol–water partition coefficient (Wildman–Crippen LogP) is 1.83. The Bertz CT molecular complexity index is 237. The molecule has 74 valence electrons. The number of hydrogen-bond donors (Lipinski definition) is 1. The number of nitrogens with one attached hydrogen (secondary N) is 1. The minimum absolute atomic E-state index is 0.811. The summed E-state index contributed by atoms with van der Waals surface area (Å²) < 4.78 is 4.95. The highest BCUT2D eigenvalue weighted by atomic mass is 32.2. The van der Waals surface area contributed by atoms with E-state index in [1.165, 1.54) is 12.2 Å². The zero-order valence-electron chi connectivity index (χ0n) is 8.17. The molecular formula is C9H16N2OS. The zero-order chi connectivity index (χ0) is 9.52. The Morgan fingerprint density at radius 3 is 3.08 bits per heavy atom. The van der Waals surface area contributed by atoms with Crippen LogP contribution in [0.3, 0.4) is 0 Å². The van der Waals surface area contributed by atoms with Gasteiger partial charge in [-0.3, -0.25) is 0 Å². The summed E-state index contributed by atoms with van der Waals surface area (Å²) in [6, 6.07) is 1.96. The summed E-state index contributed by atoms with van der Waals surface area (Å²) in [5.41, 5.74) is 0.988. The lowest BCUT2D eigenvalue weighted by molar-refractivity contribution is 0.388. The normalized spacial score (nSPS) is 10.6. The van der Waals surface area contributed by atoms with Crippen LogP contribution >= 0.6 is 11.8 Å². The van der Waals surface area contributed by atoms with Gasteiger partial charge in [0, 0.05) is 12.6 Å². The van der Waals surface area contributed by atoms with Crippen LogP contribution < -0.4 is 5.32 Å². The fraction of sp³-hybridized carbons (Fsp3) is 0.667. The van der Waals surface area contributed by atoms with Crippen LogP contribution in [-0.4, -0.2) is 23.7 Å². The first-order chi connectivity index (χ1) is 6.33. The molecule has 0 bridgehead atoms. The van der Waals surface area contributed by atoms with Crippen molar-refractivity contribution in [2.24, 2.45) is 0 Å². The molecule has 0 aromatic carbocycles. The van der Waals surface area contributed by atoms with Crippen LogP contribution in [0.2, 0.25) is 0 Å². The van der Waals surface area contributed by atoms with Crippen LogP contribution in [0.25, 0.3) is 0 Å². The van der Waals surface area contributed by atoms with Gasteiger partial charge in [-0.05, 0) is 31.9 Å². The van der Waals surface area contributed by atoms with Gasteiger partial charge in [0.1, 0.15) is 5.76 Å². The molecule has 0 saturated carbocycles. The molecule has 0 fully saturated rings. The maximum atomic E-state index is 4.95. The Kier molecular flexibility index (Phi) is 4.93. The maximum Gasteiger partial charge on any atom is 0.133 e. The summed E-state index contributed by atoms with van der Waals surface area (Å²) in [6.45, 7) is 3.77. The van der Waals surface area contributed by atoms with Crippen LogP contribution in [0.5, 0.6) is 0 Å². The summed E-state index contributed by atoms with van der Waals surface area (Å²) in [5.74, 6) is 2.09. The molecule has 1 N–H and O–H groups in total. The molecule has 0 radical (unpaired) electrons. The second-order valence-corrected chi connectivity index (χ2v) is 3.94. The molecule has 0 unspecified atom stereocenters. The van der Waals surface area contributed by atoms with Crippen molar-refractivity contribution in [2.45, 2.75) is 19.9 Å². The molecule has 4 heteroatoms. The molecule has 0 atom stereocenters. The van der Waals surface area contributed by atoms with Gasteiger partial charge >= 0.3 is 0 Å². The average Bonchev–Trinajstić information content (AvgIpc) is 2.51. The first-order valence-electron chi connectivity index (χ1n) is 4.45. The average molecular weight is 200 g/mol. The number of hydrogen-bond acceptors (Lipinski definition) is 4. The number of aromatic nitrogens is 1. The van der Waals surface area contributed by atoms with Crippen molar-refractivity contribution < 1.29 is 4.52 Å². The van der Waals surface area contributed by atoms with Gasteiger partial charge in [-0.1, -0.05) is 5.16 Å². The van der Waals surface area contributed by atoms with Gasteiger partial charge in [0.25, 0.3) is 0 Å². The maximum absolute atomic E-state index is 4.95. The second kappa shape index (κ2) is 6.05. The molecule has 0 aliphatic carbocycles. The molecular weight excluding hydrogens is 184 g/mol. The van der Waals surface area contributed by atoms with Crippen molar-refractivity contribution >= 4 is 11.8 Å². The summed E-state index contributed by atoms with van der Waals surface area (Å²) in [6.07, 6.45) is 3.33. The Labute approximate surface area is 83.3 Å². The quantitative estimate of drug-likeness (QED) is 0.711. The molecule has 3 nitrogen and oxygen atoms in total. The van der Waals surface area contributed by atoms with E-state index in [4.69, 9.17) is 4.52 Å². The van der Waals surface area contributed by atoms with E-state index >= 15 is 0 Å². The minimum Gasteiger partial charge on any atom is -0.361 e. The molecule has 13 heavy (non-hydrogen) atoms. The molecule has 1 rings (SSSR count). The number of nitrogens with zero attached hydrogens (tertiary/aromatic N) is 1. The molecule has 0 spiro atoms. The van der Waals surface area contributed by atoms with Crippen LogP contribution in [0.15, 0.2) is 10.6 Å². The van der Waals surface area contributed by atoms with Crippen molar-refractivity contribution in [2.75, 3.05) is 18.6 Å². The van der Waals surface area contributed by atoms with Crippen molar-refractivity contribution in [1.82, 2.24) is 10.5 Å². The van der Waals surface area contributed by atoms with Gasteiger partial charge in [-0.25, -0.2) is 0 Å².